The highest BCUT2D eigenvalue weighted by Gasteiger charge is 2.62. The summed E-state index contributed by atoms with van der Waals surface area (Å²) < 4.78 is 4.88. The van der Waals surface area contributed by atoms with Crippen LogP contribution in [0.3, 0.4) is 0 Å². The lowest BCUT2D eigenvalue weighted by atomic mass is 9.43. The molecule has 0 aromatic carbocycles. The van der Waals surface area contributed by atoms with Crippen molar-refractivity contribution in [2.24, 2.45) is 52.3 Å². The molecule has 0 spiro atoms. The molecule has 3 nitrogen and oxygen atoms in total. The molecule has 0 aromatic rings. The number of fused-ring (bicyclic) bond motifs is 5. The Morgan fingerprint density at radius 3 is 2.48 bits per heavy atom. The first kappa shape index (κ1) is 21.7. The molecule has 29 heavy (non-hydrogen) atoms. The van der Waals surface area contributed by atoms with Gasteiger partial charge in [-0.1, -0.05) is 34.1 Å². The molecule has 5 unspecified atom stereocenters. The summed E-state index contributed by atoms with van der Waals surface area (Å²) in [5.41, 5.74) is 0.787. The lowest BCUT2D eigenvalue weighted by molar-refractivity contribution is -0.168. The summed E-state index contributed by atoms with van der Waals surface area (Å²) in [7, 11) is 1.49. The maximum absolute atomic E-state index is 11.7. The van der Waals surface area contributed by atoms with Gasteiger partial charge in [0.1, 0.15) is 0 Å². The first-order valence-electron chi connectivity index (χ1n) is 12.5. The fraction of sp³-hybridized carbons (Fsp3) is 0.962. The third-order valence-electron chi connectivity index (χ3n) is 10.7. The molecule has 4 saturated carbocycles. The lowest BCUT2D eigenvalue weighted by Crippen LogP contribution is -2.58. The molecule has 166 valence electrons. The van der Waals surface area contributed by atoms with Crippen LogP contribution in [-0.2, 0) is 9.53 Å². The van der Waals surface area contributed by atoms with Crippen LogP contribution in [0.4, 0.5) is 0 Å². The zero-order valence-electron chi connectivity index (χ0n) is 19.5. The van der Waals surface area contributed by atoms with Gasteiger partial charge in [0.2, 0.25) is 0 Å². The van der Waals surface area contributed by atoms with Gasteiger partial charge in [-0.15, -0.1) is 0 Å². The number of rotatable bonds is 4. The topological polar surface area (TPSA) is 46.5 Å². The van der Waals surface area contributed by atoms with Gasteiger partial charge in [0, 0.05) is 6.42 Å². The van der Waals surface area contributed by atoms with E-state index >= 15 is 0 Å². The van der Waals surface area contributed by atoms with E-state index in [2.05, 4.69) is 27.7 Å². The van der Waals surface area contributed by atoms with Crippen molar-refractivity contribution in [3.63, 3.8) is 0 Å². The minimum atomic E-state index is -0.0999. The number of methoxy groups -OCH3 is 1. The molecular formula is C26H44O3. The average Bonchev–Trinajstić information content (AvgIpc) is 3.04. The predicted molar refractivity (Wildman–Crippen MR) is 116 cm³/mol. The summed E-state index contributed by atoms with van der Waals surface area (Å²) in [4.78, 5) is 11.7. The quantitative estimate of drug-likeness (QED) is 0.599. The fourth-order valence-corrected chi connectivity index (χ4v) is 9.06. The van der Waals surface area contributed by atoms with Gasteiger partial charge < -0.3 is 9.84 Å². The van der Waals surface area contributed by atoms with Crippen molar-refractivity contribution in [1.82, 2.24) is 0 Å². The van der Waals surface area contributed by atoms with Gasteiger partial charge in [-0.2, -0.15) is 0 Å². The summed E-state index contributed by atoms with van der Waals surface area (Å²) in [6.07, 6.45) is 11.7. The van der Waals surface area contributed by atoms with Crippen LogP contribution in [0.5, 0.6) is 0 Å². The van der Waals surface area contributed by atoms with Crippen LogP contribution in [-0.4, -0.2) is 24.3 Å². The van der Waals surface area contributed by atoms with Gasteiger partial charge in [-0.05, 0) is 104 Å². The maximum Gasteiger partial charge on any atom is 0.305 e. The Labute approximate surface area is 178 Å². The van der Waals surface area contributed by atoms with E-state index in [1.54, 1.807) is 0 Å². The van der Waals surface area contributed by atoms with Gasteiger partial charge >= 0.3 is 5.97 Å². The lowest BCUT2D eigenvalue weighted by Gasteiger charge is -2.62. The molecule has 4 aliphatic carbocycles. The number of aliphatic hydroxyl groups excluding tert-OH is 1. The summed E-state index contributed by atoms with van der Waals surface area (Å²) in [6, 6.07) is 0. The predicted octanol–water partition coefficient (Wildman–Crippen LogP) is 5.84. The Morgan fingerprint density at radius 2 is 1.76 bits per heavy atom. The van der Waals surface area contributed by atoms with Crippen LogP contribution in [0.1, 0.15) is 91.9 Å². The highest BCUT2D eigenvalue weighted by Crippen LogP contribution is 2.68. The van der Waals surface area contributed by atoms with Crippen molar-refractivity contribution in [1.29, 1.82) is 0 Å². The van der Waals surface area contributed by atoms with E-state index in [9.17, 15) is 9.90 Å². The molecule has 3 heteroatoms. The van der Waals surface area contributed by atoms with Crippen LogP contribution in [0.15, 0.2) is 0 Å². The summed E-state index contributed by atoms with van der Waals surface area (Å²) >= 11 is 0. The maximum atomic E-state index is 11.7. The molecule has 1 N–H and O–H groups in total. The standard InChI is InChI=1S/C26H44O3/c1-16-10-12-25(3)18(14-16)15-22(27)24-20-8-7-19(17(2)6-9-23(28)29-5)26(20,4)13-11-21(24)25/h16-22,24,27H,6-15H2,1-5H3/t16?,17-,18+,19?,20?,21?,22-,24?,25+,26-/m1/s1. The van der Waals surface area contributed by atoms with Crippen LogP contribution in [0.25, 0.3) is 0 Å². The zero-order chi connectivity index (χ0) is 21.0. The minimum absolute atomic E-state index is 0.0755. The number of aliphatic hydroxyl groups is 1. The number of carbonyl (C=O) groups excluding carboxylic acids is 1. The average molecular weight is 405 g/mol. The van der Waals surface area contributed by atoms with Gasteiger partial charge in [0.05, 0.1) is 13.2 Å². The van der Waals surface area contributed by atoms with Crippen molar-refractivity contribution in [2.75, 3.05) is 7.11 Å². The van der Waals surface area contributed by atoms with Crippen molar-refractivity contribution in [3.8, 4) is 0 Å². The fourth-order valence-electron chi connectivity index (χ4n) is 9.06. The van der Waals surface area contributed by atoms with Crippen LogP contribution >= 0.6 is 0 Å². The van der Waals surface area contributed by atoms with E-state index in [0.29, 0.717) is 46.8 Å². The minimum Gasteiger partial charge on any atom is -0.469 e. The second-order valence-corrected chi connectivity index (χ2v) is 12.0. The summed E-state index contributed by atoms with van der Waals surface area (Å²) in [6.45, 7) is 9.88. The van der Waals surface area contributed by atoms with E-state index in [4.69, 9.17) is 4.74 Å². The Kier molecular flexibility index (Phi) is 5.86. The Hall–Kier alpha value is -0.570. The van der Waals surface area contributed by atoms with E-state index in [-0.39, 0.29) is 12.1 Å². The van der Waals surface area contributed by atoms with Crippen LogP contribution in [0, 0.1) is 52.3 Å². The molecule has 0 saturated heterocycles. The van der Waals surface area contributed by atoms with Crippen LogP contribution < -0.4 is 0 Å². The summed E-state index contributed by atoms with van der Waals surface area (Å²) in [5, 5.41) is 11.4. The monoisotopic (exact) mass is 404 g/mol. The molecule has 4 fully saturated rings. The van der Waals surface area contributed by atoms with Gasteiger partial charge in [-0.3, -0.25) is 4.79 Å². The molecule has 0 bridgehead atoms. The SMILES string of the molecule is COC(=O)CC[C@@H](C)C1CCC2C3C(CC[C@@]21C)[C@@]1(C)CCC(C)C[C@H]1C[C@H]3O. The Balaban J connectivity index is 1.53. The number of carbonyl (C=O) groups is 1. The molecular weight excluding hydrogens is 360 g/mol. The van der Waals surface area contributed by atoms with Crippen molar-refractivity contribution >= 4 is 5.97 Å². The van der Waals surface area contributed by atoms with Gasteiger partial charge in [-0.25, -0.2) is 0 Å². The van der Waals surface area contributed by atoms with E-state index in [1.807, 2.05) is 0 Å². The molecule has 10 atom stereocenters. The first-order chi connectivity index (χ1) is 13.7. The highest BCUT2D eigenvalue weighted by atomic mass is 16.5. The van der Waals surface area contributed by atoms with Gasteiger partial charge in [0.25, 0.3) is 0 Å². The second-order valence-electron chi connectivity index (χ2n) is 12.0. The molecule has 0 aromatic heterocycles. The zero-order valence-corrected chi connectivity index (χ0v) is 19.5. The van der Waals surface area contributed by atoms with E-state index in [1.165, 1.54) is 52.1 Å². The molecule has 4 aliphatic rings. The van der Waals surface area contributed by atoms with Gasteiger partial charge in [0.15, 0.2) is 0 Å². The van der Waals surface area contributed by atoms with Crippen molar-refractivity contribution in [2.45, 2.75) is 98.0 Å². The largest absolute Gasteiger partial charge is 0.469 e. The highest BCUT2D eigenvalue weighted by molar-refractivity contribution is 5.69. The van der Waals surface area contributed by atoms with Crippen LogP contribution in [0.2, 0.25) is 0 Å². The number of hydrogen-bond acceptors (Lipinski definition) is 3. The summed E-state index contributed by atoms with van der Waals surface area (Å²) in [5.74, 6) is 4.60. The molecule has 0 amide bonds. The molecule has 4 rings (SSSR count). The first-order valence-corrected chi connectivity index (χ1v) is 12.5. The van der Waals surface area contributed by atoms with E-state index in [0.717, 1.165) is 24.7 Å². The number of esters is 1. The second kappa shape index (κ2) is 7.84. The van der Waals surface area contributed by atoms with Crippen molar-refractivity contribution < 1.29 is 14.6 Å². The molecule has 0 aliphatic heterocycles. The van der Waals surface area contributed by atoms with E-state index < -0.39 is 0 Å². The number of hydrogen-bond donors (Lipinski definition) is 1. The normalized spacial score (nSPS) is 50.2. The Morgan fingerprint density at radius 1 is 1.07 bits per heavy atom. The Bertz CT molecular complexity index is 617. The molecule has 0 heterocycles. The third-order valence-corrected chi connectivity index (χ3v) is 10.7. The molecule has 0 radical (unpaired) electrons. The van der Waals surface area contributed by atoms with Crippen molar-refractivity contribution in [3.05, 3.63) is 0 Å². The number of ether oxygens (including phenoxy) is 1. The smallest absolute Gasteiger partial charge is 0.305 e. The third kappa shape index (κ3) is 3.48.